The molecule has 9 heavy (non-hydrogen) atoms. The summed E-state index contributed by atoms with van der Waals surface area (Å²) < 4.78 is 0. The van der Waals surface area contributed by atoms with Gasteiger partial charge in [0.25, 0.3) is 0 Å². The van der Waals surface area contributed by atoms with Gasteiger partial charge >= 0.3 is 98.3 Å². The van der Waals surface area contributed by atoms with Gasteiger partial charge in [-0.2, -0.15) is 0 Å². The van der Waals surface area contributed by atoms with E-state index in [4.69, 9.17) is 19.2 Å². The molecule has 0 rings (SSSR count). The van der Waals surface area contributed by atoms with E-state index in [2.05, 4.69) is 0 Å². The number of hydrogen-bond acceptors (Lipinski definition) is 4. The quantitative estimate of drug-likeness (QED) is 0.358. The first-order valence-corrected chi connectivity index (χ1v) is 2.45. The molecule has 0 heterocycles. The molecule has 0 fully saturated rings. The van der Waals surface area contributed by atoms with Crippen molar-refractivity contribution >= 4 is 26.4 Å². The first-order chi connectivity index (χ1) is 2.00. The molecule has 0 saturated heterocycles. The van der Waals surface area contributed by atoms with Crippen LogP contribution >= 0.6 is 0 Å². The molecular weight excluding hydrogens is 197 g/mol. The van der Waals surface area contributed by atoms with E-state index in [0.717, 1.165) is 0 Å². The average molecular weight is 197 g/mol. The molecule has 0 aromatic rings. The predicted octanol–water partition coefficient (Wildman–Crippen LogP) is -11.6. The third-order valence-electron chi connectivity index (χ3n) is 0. The van der Waals surface area contributed by atoms with Crippen LogP contribution in [0.5, 0.6) is 0 Å². The molecule has 0 aromatic carbocycles. The molecule has 0 amide bonds. The van der Waals surface area contributed by atoms with Crippen LogP contribution in [0.15, 0.2) is 0 Å². The summed E-state index contributed by atoms with van der Waals surface area (Å²) in [5, 5.41) is 0. The van der Waals surface area contributed by atoms with Crippen molar-refractivity contribution in [2.45, 2.75) is 0 Å². The van der Waals surface area contributed by atoms with Gasteiger partial charge in [0.2, 0.25) is 0 Å². The largest absolute Gasteiger partial charge is 3.00 e. The van der Waals surface area contributed by atoms with Gasteiger partial charge in [0.15, 0.2) is 0 Å². The van der Waals surface area contributed by atoms with Gasteiger partial charge in [0, 0.05) is 0 Å². The minimum Gasteiger partial charge on any atom is -2.00 e. The Morgan fingerprint density at radius 3 is 0.889 bits per heavy atom. The summed E-state index contributed by atoms with van der Waals surface area (Å²) in [5.41, 5.74) is 0. The molecule has 5 nitrogen and oxygen atoms in total. The van der Waals surface area contributed by atoms with Gasteiger partial charge in [-0.05, 0) is 0 Å². The third kappa shape index (κ3) is 93.0. The Labute approximate surface area is 129 Å². The molecule has 0 spiro atoms. The summed E-state index contributed by atoms with van der Waals surface area (Å²) in [6.07, 6.45) is 0. The molecule has 0 radical (unpaired) electrons. The van der Waals surface area contributed by atoms with Crippen molar-refractivity contribution in [2.24, 2.45) is 0 Å². The van der Waals surface area contributed by atoms with Gasteiger partial charge in [-0.3, -0.25) is 0 Å². The number of rotatable bonds is 0. The fraction of sp³-hybridized carbons (Fsp3) is 0. The van der Waals surface area contributed by atoms with Crippen LogP contribution in [0.3, 0.4) is 0 Å². The van der Waals surface area contributed by atoms with E-state index in [1.807, 2.05) is 0 Å². The van der Waals surface area contributed by atoms with Crippen molar-refractivity contribution in [3.63, 3.8) is 0 Å². The Hall–Kier alpha value is 3.19. The number of hydrogen-bond donors (Lipinski definition) is 0. The van der Waals surface area contributed by atoms with Crippen LogP contribution in [0.25, 0.3) is 0 Å². The fourth-order valence-electron chi connectivity index (χ4n) is 0. The summed E-state index contributed by atoms with van der Waals surface area (Å²) >= 11 is 0. The van der Waals surface area contributed by atoms with Crippen LogP contribution in [0.4, 0.5) is 0 Å². The zero-order chi connectivity index (χ0) is 4.50. The van der Waals surface area contributed by atoms with Crippen LogP contribution in [0.1, 0.15) is 0 Å². The fourth-order valence-corrected chi connectivity index (χ4v) is 0. The summed E-state index contributed by atoms with van der Waals surface area (Å²) in [5.74, 6) is 0. The zero-order valence-electron chi connectivity index (χ0n) is 5.12. The van der Waals surface area contributed by atoms with Crippen LogP contribution in [-0.4, -0.2) is 26.4 Å². The van der Waals surface area contributed by atoms with Crippen molar-refractivity contribution < 1.29 is 106 Å². The van der Waals surface area contributed by atoms with Crippen LogP contribution in [0.2, 0.25) is 0 Å². The normalized spacial score (nSPS) is 6.67. The van der Waals surface area contributed by atoms with Gasteiger partial charge in [-0.1, -0.05) is 0 Å². The maximum absolute atomic E-state index is 8.58. The van der Waals surface area contributed by atoms with Crippen molar-refractivity contribution in [2.75, 3.05) is 0 Å². The molecule has 0 atom stereocenters. The van der Waals surface area contributed by atoms with Crippen molar-refractivity contribution in [3.8, 4) is 0 Å². The molecule has 9 heteroatoms. The third-order valence-corrected chi connectivity index (χ3v) is 0. The van der Waals surface area contributed by atoms with E-state index in [1.165, 1.54) is 0 Å². The topological polar surface area (TPSA) is 121 Å². The smallest absolute Gasteiger partial charge is 2.00 e. The van der Waals surface area contributed by atoms with Gasteiger partial charge in [-0.25, -0.2) is 0 Å². The summed E-state index contributed by atoms with van der Waals surface area (Å²) in [4.78, 5) is 34.3. The summed E-state index contributed by atoms with van der Waals surface area (Å²) in [6, 6.07) is 0. The zero-order valence-corrected chi connectivity index (χ0v) is 12.4. The molecule has 0 saturated carbocycles. The molecule has 0 unspecified atom stereocenters. The summed E-state index contributed by atoms with van der Waals surface area (Å²) in [7, 11) is -5.61. The Balaban J connectivity index is -0.0000000133. The predicted molar refractivity (Wildman–Crippen MR) is 12.2 cm³/mol. The molecular formula is AlKNaO5Si-. The van der Waals surface area contributed by atoms with Crippen LogP contribution in [0, 0.1) is 0 Å². The van der Waals surface area contributed by atoms with E-state index < -0.39 is 9.05 Å². The molecule has 40 valence electrons. The van der Waals surface area contributed by atoms with E-state index in [0.29, 0.717) is 0 Å². The minimum absolute atomic E-state index is 0. The van der Waals surface area contributed by atoms with Crippen molar-refractivity contribution in [3.05, 3.63) is 0 Å². The molecule has 0 aromatic heterocycles. The molecule has 0 aliphatic heterocycles. The first-order valence-electron chi connectivity index (χ1n) is 0.816. The Morgan fingerprint density at radius 1 is 0.889 bits per heavy atom. The summed E-state index contributed by atoms with van der Waals surface area (Å²) in [6.45, 7) is 0. The Morgan fingerprint density at radius 2 is 0.889 bits per heavy atom. The van der Waals surface area contributed by atoms with Crippen LogP contribution < -0.4 is 100 Å². The molecule has 0 N–H and O–H groups in total. The molecule has 0 aliphatic rings. The van der Waals surface area contributed by atoms with E-state index >= 15 is 0 Å². The van der Waals surface area contributed by atoms with E-state index in [1.54, 1.807) is 0 Å². The monoisotopic (exact) mass is 197 g/mol. The SMILES string of the molecule is [Al+3].[K+].[Na+].[O-2].[O-][Si]([O-])([O-])[O-]. The molecule has 0 bridgehead atoms. The van der Waals surface area contributed by atoms with Crippen molar-refractivity contribution in [1.29, 1.82) is 0 Å². The Bertz CT molecular complexity index is 32.4. The second kappa shape index (κ2) is 13.8. The molecule has 0 aliphatic carbocycles. The van der Waals surface area contributed by atoms with Gasteiger partial charge in [0.05, 0.1) is 0 Å². The van der Waals surface area contributed by atoms with E-state index in [9.17, 15) is 0 Å². The maximum atomic E-state index is 8.58. The van der Waals surface area contributed by atoms with Gasteiger partial charge < -0.3 is 33.7 Å². The van der Waals surface area contributed by atoms with E-state index in [-0.39, 0.29) is 104 Å². The Kier molecular flexibility index (Phi) is 45.1. The maximum Gasteiger partial charge on any atom is 3.00 e. The van der Waals surface area contributed by atoms with Crippen LogP contribution in [-0.2, 0) is 5.48 Å². The standard InChI is InChI=1S/Al.K.Na.O4Si.O/c;;;1-5(2,3)4;/q+3;2*+1;-4;-2. The minimum atomic E-state index is -5.61. The first kappa shape index (κ1) is 29.5. The van der Waals surface area contributed by atoms with Gasteiger partial charge in [-0.15, -0.1) is 0 Å². The average Bonchev–Trinajstić information content (AvgIpc) is 0.722. The second-order valence-corrected chi connectivity index (χ2v) is 1.50. The van der Waals surface area contributed by atoms with Gasteiger partial charge in [0.1, 0.15) is 0 Å². The van der Waals surface area contributed by atoms with Crippen molar-refractivity contribution in [1.82, 2.24) is 0 Å². The second-order valence-electron chi connectivity index (χ2n) is 0.500.